The van der Waals surface area contributed by atoms with Crippen LogP contribution in [0.5, 0.6) is 11.5 Å². The number of hydrogen-bond donors (Lipinski definition) is 2. The number of thiophene rings is 1. The topological polar surface area (TPSA) is 86.5 Å². The number of nitrogens with two attached hydrogens (primary N) is 1. The summed E-state index contributed by atoms with van der Waals surface area (Å²) in [6.07, 6.45) is 1.13. The third kappa shape index (κ3) is 3.87. The molecule has 0 aliphatic carbocycles. The third-order valence-corrected chi connectivity index (χ3v) is 5.50. The van der Waals surface area contributed by atoms with E-state index in [1.165, 1.54) is 17.4 Å². The normalized spacial score (nSPS) is 10.9. The van der Waals surface area contributed by atoms with Gasteiger partial charge >= 0.3 is 0 Å². The number of fused-ring (bicyclic) bond motifs is 1. The average molecular weight is 403 g/mol. The minimum Gasteiger partial charge on any atom is -0.497 e. The van der Waals surface area contributed by atoms with E-state index in [9.17, 15) is 9.18 Å². The molecule has 0 aliphatic rings. The maximum absolute atomic E-state index is 14.5. The van der Waals surface area contributed by atoms with E-state index in [1.54, 1.807) is 26.4 Å². The number of ether oxygens (including phenoxy) is 2. The molecule has 2 heterocycles. The molecule has 0 atom stereocenters. The number of anilines is 2. The van der Waals surface area contributed by atoms with Crippen molar-refractivity contribution >= 4 is 38.8 Å². The van der Waals surface area contributed by atoms with E-state index in [2.05, 4.69) is 10.3 Å². The lowest BCUT2D eigenvalue weighted by Gasteiger charge is -2.12. The van der Waals surface area contributed by atoms with Gasteiger partial charge < -0.3 is 20.5 Å². The number of benzene rings is 1. The lowest BCUT2D eigenvalue weighted by molar-refractivity contribution is 0.0986. The second-order valence-electron chi connectivity index (χ2n) is 6.22. The van der Waals surface area contributed by atoms with Crippen LogP contribution in [0.15, 0.2) is 24.3 Å². The van der Waals surface area contributed by atoms with Crippen molar-refractivity contribution < 1.29 is 18.7 Å². The molecule has 0 saturated heterocycles. The Morgan fingerprint density at radius 1 is 1.29 bits per heavy atom. The Bertz CT molecular complexity index is 1020. The van der Waals surface area contributed by atoms with E-state index in [4.69, 9.17) is 15.2 Å². The van der Waals surface area contributed by atoms with E-state index < -0.39 is 5.82 Å². The maximum Gasteiger partial charge on any atom is 0.174 e. The molecule has 0 fully saturated rings. The van der Waals surface area contributed by atoms with E-state index in [1.807, 2.05) is 13.0 Å². The predicted molar refractivity (Wildman–Crippen MR) is 110 cm³/mol. The van der Waals surface area contributed by atoms with Crippen LogP contribution in [-0.2, 0) is 6.54 Å². The number of carbonyl (C=O) groups is 1. The van der Waals surface area contributed by atoms with Gasteiger partial charge in [0, 0.05) is 30.0 Å². The Morgan fingerprint density at radius 2 is 2.07 bits per heavy atom. The van der Waals surface area contributed by atoms with Gasteiger partial charge in [-0.15, -0.1) is 11.3 Å². The van der Waals surface area contributed by atoms with Gasteiger partial charge in [0.1, 0.15) is 16.3 Å². The summed E-state index contributed by atoms with van der Waals surface area (Å²) in [6.45, 7) is 2.24. The molecule has 2 aromatic heterocycles. The molecule has 0 aliphatic heterocycles. The zero-order valence-corrected chi connectivity index (χ0v) is 16.8. The molecule has 0 bridgehead atoms. The number of halogens is 1. The third-order valence-electron chi connectivity index (χ3n) is 4.35. The predicted octanol–water partition coefficient (Wildman–Crippen LogP) is 4.63. The Morgan fingerprint density at radius 3 is 2.75 bits per heavy atom. The van der Waals surface area contributed by atoms with Crippen LogP contribution >= 0.6 is 11.3 Å². The summed E-state index contributed by atoms with van der Waals surface area (Å²) < 4.78 is 25.1. The first-order valence-corrected chi connectivity index (χ1v) is 9.66. The van der Waals surface area contributed by atoms with Crippen molar-refractivity contribution in [2.75, 3.05) is 25.3 Å². The van der Waals surface area contributed by atoms with Crippen LogP contribution < -0.4 is 20.5 Å². The van der Waals surface area contributed by atoms with Gasteiger partial charge in [-0.25, -0.2) is 9.37 Å². The highest BCUT2D eigenvalue weighted by Crippen LogP contribution is 2.35. The van der Waals surface area contributed by atoms with Crippen molar-refractivity contribution in [2.24, 2.45) is 0 Å². The van der Waals surface area contributed by atoms with Gasteiger partial charge in [0.15, 0.2) is 17.4 Å². The second kappa shape index (κ2) is 8.43. The Hall–Kier alpha value is -2.87. The van der Waals surface area contributed by atoms with Gasteiger partial charge in [0.05, 0.1) is 24.8 Å². The molecule has 0 amide bonds. The quantitative estimate of drug-likeness (QED) is 0.533. The summed E-state index contributed by atoms with van der Waals surface area (Å²) in [5.74, 6) is 0.826. The average Bonchev–Trinajstić information content (AvgIpc) is 3.02. The first kappa shape index (κ1) is 19.9. The van der Waals surface area contributed by atoms with Crippen LogP contribution in [-0.4, -0.2) is 25.0 Å². The molecule has 0 spiro atoms. The fourth-order valence-corrected chi connectivity index (χ4v) is 3.91. The number of ketones is 1. The number of nitrogens with zero attached hydrogens (tertiary/aromatic N) is 1. The van der Waals surface area contributed by atoms with Crippen LogP contribution in [0.1, 0.15) is 35.0 Å². The monoisotopic (exact) mass is 403 g/mol. The molecule has 28 heavy (non-hydrogen) atoms. The zero-order chi connectivity index (χ0) is 20.3. The molecule has 3 aromatic rings. The highest BCUT2D eigenvalue weighted by atomic mass is 32.1. The molecule has 3 N–H and O–H groups in total. The Labute approximate surface area is 166 Å². The van der Waals surface area contributed by atoms with Crippen LogP contribution in [0.4, 0.5) is 15.9 Å². The lowest BCUT2D eigenvalue weighted by atomic mass is 10.1. The first-order valence-electron chi connectivity index (χ1n) is 8.85. The highest BCUT2D eigenvalue weighted by Gasteiger charge is 2.19. The fourth-order valence-electron chi connectivity index (χ4n) is 2.87. The summed E-state index contributed by atoms with van der Waals surface area (Å²) in [6, 6.07) is 6.73. The summed E-state index contributed by atoms with van der Waals surface area (Å²) >= 11 is 1.20. The number of hydrogen-bond acceptors (Lipinski definition) is 7. The SMILES string of the molecule is CCCC(=O)c1sc2nc(NCc3ccc(OC)cc3OC)c(F)cc2c1N. The van der Waals surface area contributed by atoms with Gasteiger partial charge in [-0.1, -0.05) is 6.92 Å². The molecule has 6 nitrogen and oxygen atoms in total. The van der Waals surface area contributed by atoms with Gasteiger partial charge in [-0.05, 0) is 24.6 Å². The first-order chi connectivity index (χ1) is 13.5. The largest absolute Gasteiger partial charge is 0.497 e. The minimum atomic E-state index is -0.529. The fraction of sp³-hybridized carbons (Fsp3) is 0.300. The van der Waals surface area contributed by atoms with Crippen LogP contribution in [0, 0.1) is 5.82 Å². The number of carbonyl (C=O) groups excluding carboxylic acids is 1. The smallest absolute Gasteiger partial charge is 0.174 e. The van der Waals surface area contributed by atoms with Crippen molar-refractivity contribution in [2.45, 2.75) is 26.3 Å². The van der Waals surface area contributed by atoms with E-state index in [0.29, 0.717) is 45.2 Å². The van der Waals surface area contributed by atoms with Crippen LogP contribution in [0.3, 0.4) is 0 Å². The Kier molecular flexibility index (Phi) is 5.99. The molecular weight excluding hydrogens is 381 g/mol. The number of nitrogen functional groups attached to an aromatic ring is 1. The number of pyridine rings is 1. The second-order valence-corrected chi connectivity index (χ2v) is 7.22. The highest BCUT2D eigenvalue weighted by molar-refractivity contribution is 7.21. The minimum absolute atomic E-state index is 0.0408. The Balaban J connectivity index is 1.88. The van der Waals surface area contributed by atoms with E-state index in [-0.39, 0.29) is 11.6 Å². The molecule has 8 heteroatoms. The van der Waals surface area contributed by atoms with E-state index in [0.717, 1.165) is 12.0 Å². The molecule has 148 valence electrons. The van der Waals surface area contributed by atoms with Gasteiger partial charge in [-0.2, -0.15) is 0 Å². The van der Waals surface area contributed by atoms with Crippen LogP contribution in [0.2, 0.25) is 0 Å². The summed E-state index contributed by atoms with van der Waals surface area (Å²) in [5, 5.41) is 3.46. The summed E-state index contributed by atoms with van der Waals surface area (Å²) in [7, 11) is 3.14. The number of aromatic nitrogens is 1. The van der Waals surface area contributed by atoms with Crippen molar-refractivity contribution in [3.63, 3.8) is 0 Å². The van der Waals surface area contributed by atoms with Crippen molar-refractivity contribution in [1.82, 2.24) is 4.98 Å². The lowest BCUT2D eigenvalue weighted by Crippen LogP contribution is -2.05. The zero-order valence-electron chi connectivity index (χ0n) is 16.0. The molecule has 0 unspecified atom stereocenters. The van der Waals surface area contributed by atoms with Crippen molar-refractivity contribution in [1.29, 1.82) is 0 Å². The van der Waals surface area contributed by atoms with Crippen molar-refractivity contribution in [3.8, 4) is 11.5 Å². The van der Waals surface area contributed by atoms with Crippen LogP contribution in [0.25, 0.3) is 10.2 Å². The summed E-state index contributed by atoms with van der Waals surface area (Å²) in [5.41, 5.74) is 7.18. The molecule has 0 radical (unpaired) electrons. The molecule has 1 aromatic carbocycles. The van der Waals surface area contributed by atoms with Crippen molar-refractivity contribution in [3.05, 3.63) is 40.5 Å². The molecule has 3 rings (SSSR count). The number of Topliss-reactive ketones (excluding diaryl/α,β-unsaturated/α-hetero) is 1. The van der Waals surface area contributed by atoms with Gasteiger partial charge in [0.2, 0.25) is 0 Å². The standard InChI is InChI=1S/C20H22FN3O3S/c1-4-5-15(25)18-17(22)13-9-14(21)19(24-20(13)28-18)23-10-11-6-7-12(26-2)8-16(11)27-3/h6-9H,4-5,10,22H2,1-3H3,(H,23,24). The molecular formula is C20H22FN3O3S. The van der Waals surface area contributed by atoms with E-state index >= 15 is 0 Å². The van der Waals surface area contributed by atoms with Gasteiger partial charge in [-0.3, -0.25) is 4.79 Å². The maximum atomic E-state index is 14.5. The number of methoxy groups -OCH3 is 2. The number of rotatable bonds is 8. The number of nitrogens with one attached hydrogen (secondary N) is 1. The molecule has 0 saturated carbocycles. The van der Waals surface area contributed by atoms with Gasteiger partial charge in [0.25, 0.3) is 0 Å². The summed E-state index contributed by atoms with van der Waals surface area (Å²) in [4.78, 5) is 17.5.